The third kappa shape index (κ3) is 1.69. The van der Waals surface area contributed by atoms with Crippen molar-refractivity contribution in [2.75, 3.05) is 19.7 Å². The van der Waals surface area contributed by atoms with Crippen LogP contribution in [-0.4, -0.2) is 37.9 Å². The lowest BCUT2D eigenvalue weighted by molar-refractivity contribution is -0.156. The Labute approximate surface area is 77.6 Å². The van der Waals surface area contributed by atoms with Gasteiger partial charge in [-0.3, -0.25) is 0 Å². The Bertz CT molecular complexity index is 207. The van der Waals surface area contributed by atoms with Crippen molar-refractivity contribution < 1.29 is 14.3 Å². The number of hydrogen-bond acceptors (Lipinski definition) is 4. The molecule has 2 bridgehead atoms. The molecule has 2 saturated heterocycles. The van der Waals surface area contributed by atoms with Crippen molar-refractivity contribution in [3.8, 4) is 0 Å². The molecule has 0 saturated carbocycles. The van der Waals surface area contributed by atoms with Gasteiger partial charge < -0.3 is 14.8 Å². The average molecular weight is 185 g/mol. The molecule has 74 valence electrons. The maximum atomic E-state index is 11.4. The minimum atomic E-state index is -0.319. The monoisotopic (exact) mass is 185 g/mol. The molecule has 2 aliphatic heterocycles. The Kier molecular flexibility index (Phi) is 2.51. The number of hydrogen-bond donors (Lipinski definition) is 1. The smallest absolute Gasteiger partial charge is 0.335 e. The van der Waals surface area contributed by atoms with Gasteiger partial charge in [-0.1, -0.05) is 0 Å². The molecule has 2 rings (SSSR count). The van der Waals surface area contributed by atoms with Crippen LogP contribution in [0.3, 0.4) is 0 Å². The summed E-state index contributed by atoms with van der Waals surface area (Å²) in [5.74, 6) is 0.122. The van der Waals surface area contributed by atoms with Crippen molar-refractivity contribution in [2.24, 2.45) is 5.92 Å². The number of fused-ring (bicyclic) bond motifs is 2. The molecular weight excluding hydrogens is 170 g/mol. The SMILES string of the molecule is CCOC(=O)[C@@H]1O[C@@H]2CNC[C@H]1C2. The van der Waals surface area contributed by atoms with Crippen molar-refractivity contribution in [3.63, 3.8) is 0 Å². The van der Waals surface area contributed by atoms with Crippen LogP contribution in [0.2, 0.25) is 0 Å². The average Bonchev–Trinajstić information content (AvgIpc) is 2.42. The zero-order valence-electron chi connectivity index (χ0n) is 7.79. The van der Waals surface area contributed by atoms with Gasteiger partial charge in [0.25, 0.3) is 0 Å². The van der Waals surface area contributed by atoms with Gasteiger partial charge in [-0.25, -0.2) is 4.79 Å². The maximum absolute atomic E-state index is 11.4. The van der Waals surface area contributed by atoms with Crippen LogP contribution >= 0.6 is 0 Å². The molecule has 0 aromatic carbocycles. The van der Waals surface area contributed by atoms with Crippen LogP contribution in [0, 0.1) is 5.92 Å². The second kappa shape index (κ2) is 3.64. The predicted molar refractivity (Wildman–Crippen MR) is 46.3 cm³/mol. The van der Waals surface area contributed by atoms with E-state index in [4.69, 9.17) is 9.47 Å². The van der Waals surface area contributed by atoms with Gasteiger partial charge in [0.1, 0.15) is 0 Å². The van der Waals surface area contributed by atoms with Crippen LogP contribution in [0.1, 0.15) is 13.3 Å². The molecule has 4 nitrogen and oxygen atoms in total. The summed E-state index contributed by atoms with van der Waals surface area (Å²) in [5, 5.41) is 3.24. The zero-order chi connectivity index (χ0) is 9.26. The summed E-state index contributed by atoms with van der Waals surface area (Å²) >= 11 is 0. The van der Waals surface area contributed by atoms with E-state index in [0.29, 0.717) is 12.5 Å². The highest BCUT2D eigenvalue weighted by Gasteiger charge is 2.42. The molecule has 4 heteroatoms. The van der Waals surface area contributed by atoms with E-state index in [2.05, 4.69) is 5.32 Å². The number of carbonyl (C=O) groups is 1. The van der Waals surface area contributed by atoms with Gasteiger partial charge in [0.05, 0.1) is 12.7 Å². The lowest BCUT2D eigenvalue weighted by Gasteiger charge is -2.17. The third-order valence-electron chi connectivity index (χ3n) is 2.63. The second-order valence-electron chi connectivity index (χ2n) is 3.58. The van der Waals surface area contributed by atoms with Crippen molar-refractivity contribution in [1.29, 1.82) is 0 Å². The summed E-state index contributed by atoms with van der Waals surface area (Å²) in [7, 11) is 0. The zero-order valence-corrected chi connectivity index (χ0v) is 7.79. The van der Waals surface area contributed by atoms with Gasteiger partial charge in [-0.15, -0.1) is 0 Å². The third-order valence-corrected chi connectivity index (χ3v) is 2.63. The number of ether oxygens (including phenoxy) is 2. The molecule has 0 aromatic heterocycles. The first-order valence-electron chi connectivity index (χ1n) is 4.84. The standard InChI is InChI=1S/C9H15NO3/c1-2-12-9(11)8-6-3-7(13-8)5-10-4-6/h6-8,10H,2-5H2,1H3/t6-,7+,8-/m1/s1. The van der Waals surface area contributed by atoms with Crippen molar-refractivity contribution in [3.05, 3.63) is 0 Å². The maximum Gasteiger partial charge on any atom is 0.335 e. The highest BCUT2D eigenvalue weighted by atomic mass is 16.6. The van der Waals surface area contributed by atoms with Crippen molar-refractivity contribution >= 4 is 5.97 Å². The lowest BCUT2D eigenvalue weighted by atomic mass is 9.96. The molecule has 1 N–H and O–H groups in total. The van der Waals surface area contributed by atoms with E-state index in [0.717, 1.165) is 19.5 Å². The molecule has 0 amide bonds. The van der Waals surface area contributed by atoms with Gasteiger partial charge in [-0.2, -0.15) is 0 Å². The lowest BCUT2D eigenvalue weighted by Crippen LogP contribution is -2.36. The first kappa shape index (κ1) is 8.97. The Hall–Kier alpha value is -0.610. The molecule has 0 radical (unpaired) electrons. The largest absolute Gasteiger partial charge is 0.464 e. The Morgan fingerprint density at radius 3 is 3.15 bits per heavy atom. The fourth-order valence-corrected chi connectivity index (χ4v) is 2.06. The summed E-state index contributed by atoms with van der Waals surface area (Å²) in [6, 6.07) is 0. The molecule has 13 heavy (non-hydrogen) atoms. The topological polar surface area (TPSA) is 47.6 Å². The second-order valence-corrected chi connectivity index (χ2v) is 3.58. The van der Waals surface area contributed by atoms with Gasteiger partial charge in [-0.05, 0) is 13.3 Å². The molecule has 3 atom stereocenters. The highest BCUT2D eigenvalue weighted by Crippen LogP contribution is 2.29. The van der Waals surface area contributed by atoms with Crippen LogP contribution in [0.5, 0.6) is 0 Å². The fourth-order valence-electron chi connectivity index (χ4n) is 2.06. The minimum absolute atomic E-state index is 0.196. The van der Waals surface area contributed by atoms with Crippen molar-refractivity contribution in [2.45, 2.75) is 25.6 Å². The number of nitrogens with one attached hydrogen (secondary N) is 1. The van der Waals surface area contributed by atoms with Crippen LogP contribution in [0.4, 0.5) is 0 Å². The first-order chi connectivity index (χ1) is 6.31. The minimum Gasteiger partial charge on any atom is -0.464 e. The van der Waals surface area contributed by atoms with E-state index >= 15 is 0 Å². The van der Waals surface area contributed by atoms with E-state index in [-0.39, 0.29) is 18.2 Å². The molecule has 2 heterocycles. The van der Waals surface area contributed by atoms with E-state index in [1.165, 1.54) is 0 Å². The normalized spacial score (nSPS) is 37.5. The van der Waals surface area contributed by atoms with Crippen LogP contribution in [0.15, 0.2) is 0 Å². The molecule has 0 unspecified atom stereocenters. The Balaban J connectivity index is 1.96. The summed E-state index contributed by atoms with van der Waals surface area (Å²) in [6.45, 7) is 3.99. The Morgan fingerprint density at radius 1 is 1.62 bits per heavy atom. The molecule has 2 aliphatic rings. The van der Waals surface area contributed by atoms with Gasteiger partial charge in [0, 0.05) is 19.0 Å². The summed E-state index contributed by atoms with van der Waals surface area (Å²) < 4.78 is 10.5. The predicted octanol–water partition coefficient (Wildman–Crippen LogP) is -0.0736. The van der Waals surface area contributed by atoms with Crippen LogP contribution in [-0.2, 0) is 14.3 Å². The van der Waals surface area contributed by atoms with E-state index in [1.54, 1.807) is 0 Å². The first-order valence-corrected chi connectivity index (χ1v) is 4.84. The molecule has 0 aromatic rings. The molecule has 2 fully saturated rings. The quantitative estimate of drug-likeness (QED) is 0.612. The van der Waals surface area contributed by atoms with E-state index in [9.17, 15) is 4.79 Å². The summed E-state index contributed by atoms with van der Waals surface area (Å²) in [5.41, 5.74) is 0. The summed E-state index contributed by atoms with van der Waals surface area (Å²) in [4.78, 5) is 11.4. The molecule has 0 spiro atoms. The van der Waals surface area contributed by atoms with Gasteiger partial charge in [0.15, 0.2) is 6.10 Å². The number of piperidine rings is 1. The molecule has 0 aliphatic carbocycles. The van der Waals surface area contributed by atoms with Crippen LogP contribution < -0.4 is 5.32 Å². The van der Waals surface area contributed by atoms with E-state index < -0.39 is 0 Å². The number of rotatable bonds is 2. The van der Waals surface area contributed by atoms with Crippen molar-refractivity contribution in [1.82, 2.24) is 5.32 Å². The van der Waals surface area contributed by atoms with Crippen LogP contribution in [0.25, 0.3) is 0 Å². The fraction of sp³-hybridized carbons (Fsp3) is 0.889. The van der Waals surface area contributed by atoms with Gasteiger partial charge >= 0.3 is 5.97 Å². The highest BCUT2D eigenvalue weighted by molar-refractivity contribution is 5.75. The number of esters is 1. The summed E-state index contributed by atoms with van der Waals surface area (Å²) in [6.07, 6.45) is 0.893. The van der Waals surface area contributed by atoms with Gasteiger partial charge in [0.2, 0.25) is 0 Å². The van der Waals surface area contributed by atoms with E-state index in [1.807, 2.05) is 6.92 Å². The number of carbonyl (C=O) groups excluding carboxylic acids is 1. The Morgan fingerprint density at radius 2 is 2.46 bits per heavy atom. The molecular formula is C9H15NO3.